The Hall–Kier alpha value is -3.24. The van der Waals surface area contributed by atoms with Crippen molar-refractivity contribution in [1.82, 2.24) is 0 Å². The number of carbonyl (C=O) groups is 4. The molecule has 32 heavy (non-hydrogen) atoms. The van der Waals surface area contributed by atoms with Crippen molar-refractivity contribution < 1.29 is 47.6 Å². The number of carbonyl (C=O) groups excluding carboxylic acids is 4. The second-order valence-corrected chi connectivity index (χ2v) is 6.86. The van der Waals surface area contributed by atoms with Gasteiger partial charge in [-0.25, -0.2) is 0 Å². The molecule has 1 aromatic rings. The molecular weight excluding hydrogens is 424 g/mol. The Balaban J connectivity index is 2.37. The van der Waals surface area contributed by atoms with Crippen LogP contribution in [0.15, 0.2) is 42.7 Å². The Kier molecular flexibility index (Phi) is 9.83. The van der Waals surface area contributed by atoms with Gasteiger partial charge in [-0.2, -0.15) is 0 Å². The summed E-state index contributed by atoms with van der Waals surface area (Å²) in [4.78, 5) is 45.6. The van der Waals surface area contributed by atoms with Crippen LogP contribution >= 0.6 is 0 Å². The van der Waals surface area contributed by atoms with Crippen LogP contribution in [0.3, 0.4) is 0 Å². The van der Waals surface area contributed by atoms with Crippen molar-refractivity contribution in [3.05, 3.63) is 48.2 Å². The van der Waals surface area contributed by atoms with Crippen molar-refractivity contribution in [3.8, 4) is 0 Å². The molecule has 1 heterocycles. The lowest BCUT2D eigenvalue weighted by atomic mass is 9.98. The van der Waals surface area contributed by atoms with E-state index in [9.17, 15) is 19.2 Å². The van der Waals surface area contributed by atoms with Crippen LogP contribution in [-0.4, -0.2) is 61.5 Å². The highest BCUT2D eigenvalue weighted by molar-refractivity contribution is 5.68. The Morgan fingerprint density at radius 1 is 0.938 bits per heavy atom. The Labute approximate surface area is 185 Å². The van der Waals surface area contributed by atoms with Gasteiger partial charge in [-0.05, 0) is 5.56 Å². The van der Waals surface area contributed by atoms with Crippen LogP contribution in [0.2, 0.25) is 0 Å². The van der Waals surface area contributed by atoms with E-state index in [2.05, 4.69) is 0 Å². The van der Waals surface area contributed by atoms with Gasteiger partial charge in [0.2, 0.25) is 6.29 Å². The molecule has 0 aromatic heterocycles. The van der Waals surface area contributed by atoms with E-state index in [4.69, 9.17) is 28.4 Å². The van der Waals surface area contributed by atoms with E-state index in [-0.39, 0.29) is 13.2 Å². The van der Waals surface area contributed by atoms with Gasteiger partial charge in [-0.15, -0.1) is 0 Å². The van der Waals surface area contributed by atoms with Crippen molar-refractivity contribution in [3.63, 3.8) is 0 Å². The summed E-state index contributed by atoms with van der Waals surface area (Å²) in [5.41, 5.74) is 0.822. The molecule has 1 aromatic carbocycles. The highest BCUT2D eigenvalue weighted by Crippen LogP contribution is 2.30. The van der Waals surface area contributed by atoms with E-state index < -0.39 is 48.6 Å². The van der Waals surface area contributed by atoms with Crippen LogP contribution < -0.4 is 0 Å². The predicted octanol–water partition coefficient (Wildman–Crippen LogP) is 1.45. The molecule has 2 rings (SSSR count). The molecule has 174 valence electrons. The molecule has 10 nitrogen and oxygen atoms in total. The first-order valence-corrected chi connectivity index (χ1v) is 9.86. The summed E-state index contributed by atoms with van der Waals surface area (Å²) in [5.74, 6) is -1.90. The molecule has 1 aliphatic rings. The first kappa shape index (κ1) is 25.0. The minimum Gasteiger partial charge on any atom is -0.469 e. The summed E-state index contributed by atoms with van der Waals surface area (Å²) in [6.07, 6.45) is -2.85. The number of benzene rings is 1. The fourth-order valence-corrected chi connectivity index (χ4v) is 3.08. The molecule has 0 amide bonds. The van der Waals surface area contributed by atoms with Crippen molar-refractivity contribution in [2.45, 2.75) is 58.1 Å². The first-order valence-electron chi connectivity index (χ1n) is 9.86. The number of aldehydes is 1. The molecule has 0 N–H and O–H groups in total. The van der Waals surface area contributed by atoms with Gasteiger partial charge < -0.3 is 28.4 Å². The third-order valence-electron chi connectivity index (χ3n) is 4.30. The summed E-state index contributed by atoms with van der Waals surface area (Å²) in [5, 5.41) is 0. The zero-order valence-corrected chi connectivity index (χ0v) is 18.0. The number of esters is 3. The monoisotopic (exact) mass is 450 g/mol. The minimum atomic E-state index is -1.17. The van der Waals surface area contributed by atoms with E-state index in [1.54, 1.807) is 0 Å². The summed E-state index contributed by atoms with van der Waals surface area (Å²) in [7, 11) is 0. The molecule has 5 atom stereocenters. The Morgan fingerprint density at radius 2 is 1.59 bits per heavy atom. The molecule has 1 fully saturated rings. The van der Waals surface area contributed by atoms with Gasteiger partial charge in [0, 0.05) is 26.8 Å². The highest BCUT2D eigenvalue weighted by atomic mass is 16.7. The number of hydrogen-bond donors (Lipinski definition) is 0. The zero-order valence-electron chi connectivity index (χ0n) is 18.0. The molecule has 0 unspecified atom stereocenters. The third kappa shape index (κ3) is 7.78. The summed E-state index contributed by atoms with van der Waals surface area (Å²) < 4.78 is 33.1. The SMILES string of the molecule is CC(=O)OC[C@H]1O[C@@H](O/C=C/C=O)[C@H](OCc2ccccc2)[C@@H](OC(C)=O)[C@@H]1OC(C)=O. The van der Waals surface area contributed by atoms with E-state index in [0.717, 1.165) is 17.9 Å². The fourth-order valence-electron chi connectivity index (χ4n) is 3.08. The average Bonchev–Trinajstić information content (AvgIpc) is 2.73. The lowest BCUT2D eigenvalue weighted by Gasteiger charge is -2.44. The average molecular weight is 450 g/mol. The van der Waals surface area contributed by atoms with Gasteiger partial charge in [0.25, 0.3) is 0 Å². The smallest absolute Gasteiger partial charge is 0.303 e. The van der Waals surface area contributed by atoms with Crippen molar-refractivity contribution >= 4 is 24.2 Å². The third-order valence-corrected chi connectivity index (χ3v) is 4.30. The van der Waals surface area contributed by atoms with Crippen molar-refractivity contribution in [2.24, 2.45) is 0 Å². The van der Waals surface area contributed by atoms with Gasteiger partial charge in [-0.3, -0.25) is 19.2 Å². The lowest BCUT2D eigenvalue weighted by molar-refractivity contribution is -0.304. The van der Waals surface area contributed by atoms with Gasteiger partial charge >= 0.3 is 17.9 Å². The molecule has 0 bridgehead atoms. The van der Waals surface area contributed by atoms with Gasteiger partial charge in [0.1, 0.15) is 19.0 Å². The van der Waals surface area contributed by atoms with E-state index in [0.29, 0.717) is 6.29 Å². The zero-order chi connectivity index (χ0) is 23.5. The maximum Gasteiger partial charge on any atom is 0.303 e. The van der Waals surface area contributed by atoms with Crippen LogP contribution in [0, 0.1) is 0 Å². The van der Waals surface area contributed by atoms with E-state index >= 15 is 0 Å². The van der Waals surface area contributed by atoms with Crippen LogP contribution in [0.25, 0.3) is 0 Å². The van der Waals surface area contributed by atoms with Crippen molar-refractivity contribution in [2.75, 3.05) is 6.61 Å². The second kappa shape index (κ2) is 12.6. The molecule has 1 aliphatic heterocycles. The molecular formula is C22H26O10. The number of hydrogen-bond acceptors (Lipinski definition) is 10. The Bertz CT molecular complexity index is 806. The maximum atomic E-state index is 11.9. The van der Waals surface area contributed by atoms with Crippen molar-refractivity contribution in [1.29, 1.82) is 0 Å². The van der Waals surface area contributed by atoms with Gasteiger partial charge in [0.05, 0.1) is 12.9 Å². The maximum absolute atomic E-state index is 11.9. The predicted molar refractivity (Wildman–Crippen MR) is 108 cm³/mol. The van der Waals surface area contributed by atoms with Crippen LogP contribution in [0.1, 0.15) is 26.3 Å². The van der Waals surface area contributed by atoms with E-state index in [1.165, 1.54) is 20.8 Å². The quantitative estimate of drug-likeness (QED) is 0.170. The molecule has 0 spiro atoms. The lowest BCUT2D eigenvalue weighted by Crippen LogP contribution is -2.62. The van der Waals surface area contributed by atoms with Crippen LogP contribution in [0.4, 0.5) is 0 Å². The Morgan fingerprint density at radius 3 is 2.19 bits per heavy atom. The first-order chi connectivity index (χ1) is 15.3. The van der Waals surface area contributed by atoms with Gasteiger partial charge in [-0.1, -0.05) is 30.3 Å². The van der Waals surface area contributed by atoms with Crippen LogP contribution in [-0.2, 0) is 54.2 Å². The van der Waals surface area contributed by atoms with Gasteiger partial charge in [0.15, 0.2) is 18.3 Å². The number of rotatable bonds is 10. The second-order valence-electron chi connectivity index (χ2n) is 6.86. The summed E-state index contributed by atoms with van der Waals surface area (Å²) >= 11 is 0. The van der Waals surface area contributed by atoms with Crippen LogP contribution in [0.5, 0.6) is 0 Å². The topological polar surface area (TPSA) is 124 Å². The minimum absolute atomic E-state index is 0.102. The fraction of sp³-hybridized carbons (Fsp3) is 0.455. The molecule has 10 heteroatoms. The molecule has 0 aliphatic carbocycles. The largest absolute Gasteiger partial charge is 0.469 e. The summed E-state index contributed by atoms with van der Waals surface area (Å²) in [6.45, 7) is 3.39. The van der Waals surface area contributed by atoms with E-state index in [1.807, 2.05) is 30.3 Å². The standard InChI is InChI=1S/C22H26O10/c1-14(24)28-13-18-19(30-15(2)25)20(31-16(3)26)21(22(32-18)27-11-7-10-23)29-12-17-8-5-4-6-9-17/h4-11,18-22H,12-13H2,1-3H3/b11-7+/t18-,19-,20+,21-,22-/m1/s1. The molecule has 0 saturated carbocycles. The molecule has 1 saturated heterocycles. The highest BCUT2D eigenvalue weighted by Gasteiger charge is 2.52. The normalized spacial score (nSPS) is 25.0. The summed E-state index contributed by atoms with van der Waals surface area (Å²) in [6, 6.07) is 9.18. The number of ether oxygens (including phenoxy) is 6. The molecule has 0 radical (unpaired) electrons. The number of allylic oxidation sites excluding steroid dienone is 1.